The molecule has 11 heteroatoms. The maximum atomic E-state index is 14.2. The van der Waals surface area contributed by atoms with Gasteiger partial charge in [0, 0.05) is 31.2 Å². The van der Waals surface area contributed by atoms with Crippen LogP contribution < -0.4 is 16.6 Å². The zero-order valence-corrected chi connectivity index (χ0v) is 21.8. The van der Waals surface area contributed by atoms with Gasteiger partial charge >= 0.3 is 11.8 Å². The highest BCUT2D eigenvalue weighted by Crippen LogP contribution is 2.27. The van der Waals surface area contributed by atoms with E-state index in [2.05, 4.69) is 10.3 Å². The zero-order valence-electron chi connectivity index (χ0n) is 21.8. The van der Waals surface area contributed by atoms with Crippen molar-refractivity contribution in [1.29, 1.82) is 0 Å². The molecule has 2 aromatic heterocycles. The topological polar surface area (TPSA) is 127 Å². The summed E-state index contributed by atoms with van der Waals surface area (Å²) in [5.74, 6) is -0.984. The van der Waals surface area contributed by atoms with Crippen molar-refractivity contribution in [3.8, 4) is 5.69 Å². The van der Waals surface area contributed by atoms with Crippen LogP contribution in [-0.2, 0) is 6.54 Å². The SMILES string of the molecule is CN(Cc1ccccc1)C(=O)c1cccc(-n2c(=O)n([C@H]3CC[C@@H](NC(=O)O)CC3)c(=O)c3cc(F)cnc32)c1. The second-order valence-electron chi connectivity index (χ2n) is 9.97. The summed E-state index contributed by atoms with van der Waals surface area (Å²) in [6, 6.07) is 16.3. The van der Waals surface area contributed by atoms with Crippen LogP contribution >= 0.6 is 0 Å². The molecule has 206 valence electrons. The van der Waals surface area contributed by atoms with Gasteiger partial charge in [-0.05, 0) is 55.5 Å². The predicted octanol–water partition coefficient (Wildman–Crippen LogP) is 3.71. The van der Waals surface area contributed by atoms with Crippen LogP contribution in [0.15, 0.2) is 76.4 Å². The molecule has 1 aliphatic rings. The molecule has 40 heavy (non-hydrogen) atoms. The normalized spacial score (nSPS) is 16.9. The van der Waals surface area contributed by atoms with Crippen molar-refractivity contribution in [3.05, 3.63) is 105 Å². The van der Waals surface area contributed by atoms with Crippen LogP contribution in [-0.4, -0.2) is 49.2 Å². The van der Waals surface area contributed by atoms with Crippen molar-refractivity contribution in [1.82, 2.24) is 24.3 Å². The number of carbonyl (C=O) groups is 2. The lowest BCUT2D eigenvalue weighted by molar-refractivity contribution is 0.0785. The molecule has 0 bridgehead atoms. The van der Waals surface area contributed by atoms with Gasteiger partial charge < -0.3 is 15.3 Å². The highest BCUT2D eigenvalue weighted by Gasteiger charge is 2.28. The summed E-state index contributed by atoms with van der Waals surface area (Å²) >= 11 is 0. The monoisotopic (exact) mass is 545 g/mol. The van der Waals surface area contributed by atoms with E-state index >= 15 is 0 Å². The van der Waals surface area contributed by atoms with E-state index in [1.54, 1.807) is 36.2 Å². The standard InChI is InChI=1S/C29H28FN5O5/c1-33(17-18-6-3-2-4-7-18)26(36)19-8-5-9-23(14-19)34-25-24(15-20(30)16-31-25)27(37)35(29(34)40)22-12-10-21(11-13-22)32-28(38)39/h2-9,14-16,21-22,32H,10-13,17H2,1H3,(H,38,39)/t21-,22+. The summed E-state index contributed by atoms with van der Waals surface area (Å²) in [5, 5.41) is 11.4. The number of carboxylic acid groups (broad SMARTS) is 1. The molecular formula is C29H28FN5O5. The Bertz CT molecular complexity index is 1690. The van der Waals surface area contributed by atoms with Gasteiger partial charge in [-0.1, -0.05) is 36.4 Å². The molecule has 0 radical (unpaired) electrons. The highest BCUT2D eigenvalue weighted by molar-refractivity contribution is 5.94. The van der Waals surface area contributed by atoms with E-state index in [1.165, 1.54) is 4.57 Å². The Morgan fingerprint density at radius 2 is 1.77 bits per heavy atom. The molecule has 0 spiro atoms. The Balaban J connectivity index is 1.55. The van der Waals surface area contributed by atoms with E-state index < -0.39 is 29.2 Å². The molecule has 0 atom stereocenters. The minimum absolute atomic E-state index is 0.0175. The fourth-order valence-corrected chi connectivity index (χ4v) is 5.32. The molecule has 2 amide bonds. The van der Waals surface area contributed by atoms with Crippen molar-refractivity contribution >= 4 is 23.0 Å². The maximum Gasteiger partial charge on any atom is 0.404 e. The van der Waals surface area contributed by atoms with Crippen molar-refractivity contribution in [2.45, 2.75) is 44.3 Å². The third-order valence-electron chi connectivity index (χ3n) is 7.24. The number of hydrogen-bond donors (Lipinski definition) is 2. The Labute approximate surface area is 228 Å². The number of amides is 2. The van der Waals surface area contributed by atoms with E-state index in [4.69, 9.17) is 5.11 Å². The van der Waals surface area contributed by atoms with Crippen molar-refractivity contribution < 1.29 is 19.1 Å². The third-order valence-corrected chi connectivity index (χ3v) is 7.24. The van der Waals surface area contributed by atoms with Crippen LogP contribution in [0.3, 0.4) is 0 Å². The molecule has 0 unspecified atom stereocenters. The smallest absolute Gasteiger partial charge is 0.404 e. The van der Waals surface area contributed by atoms with Crippen molar-refractivity contribution in [3.63, 3.8) is 0 Å². The second-order valence-corrected chi connectivity index (χ2v) is 9.97. The van der Waals surface area contributed by atoms with Gasteiger partial charge in [0.05, 0.1) is 17.3 Å². The van der Waals surface area contributed by atoms with Crippen LogP contribution in [0.4, 0.5) is 9.18 Å². The van der Waals surface area contributed by atoms with Crippen LogP contribution in [0, 0.1) is 5.82 Å². The average molecular weight is 546 g/mol. The molecule has 1 saturated carbocycles. The zero-order chi connectivity index (χ0) is 28.4. The van der Waals surface area contributed by atoms with Gasteiger partial charge in [0.1, 0.15) is 5.82 Å². The van der Waals surface area contributed by atoms with E-state index in [1.807, 2.05) is 30.3 Å². The Hall–Kier alpha value is -4.80. The van der Waals surface area contributed by atoms with Gasteiger partial charge in [-0.2, -0.15) is 0 Å². The number of carbonyl (C=O) groups excluding carboxylic acids is 1. The first-order valence-electron chi connectivity index (χ1n) is 12.9. The van der Waals surface area contributed by atoms with Crippen LogP contribution in [0.25, 0.3) is 16.7 Å². The third kappa shape index (κ3) is 5.35. The van der Waals surface area contributed by atoms with Gasteiger partial charge in [0.25, 0.3) is 11.5 Å². The lowest BCUT2D eigenvalue weighted by atomic mass is 9.91. The first-order chi connectivity index (χ1) is 19.2. The number of benzene rings is 2. The largest absolute Gasteiger partial charge is 0.465 e. The lowest BCUT2D eigenvalue weighted by Crippen LogP contribution is -2.45. The molecule has 1 aliphatic carbocycles. The van der Waals surface area contributed by atoms with E-state index in [0.717, 1.165) is 22.4 Å². The molecule has 5 rings (SSSR count). The van der Waals surface area contributed by atoms with Crippen LogP contribution in [0.5, 0.6) is 0 Å². The lowest BCUT2D eigenvalue weighted by Gasteiger charge is -2.29. The molecule has 2 N–H and O–H groups in total. The summed E-state index contributed by atoms with van der Waals surface area (Å²) in [5.41, 5.74) is 0.264. The summed E-state index contributed by atoms with van der Waals surface area (Å²) in [7, 11) is 1.68. The first-order valence-corrected chi connectivity index (χ1v) is 12.9. The quantitative estimate of drug-likeness (QED) is 0.380. The van der Waals surface area contributed by atoms with Crippen LogP contribution in [0.1, 0.15) is 47.6 Å². The highest BCUT2D eigenvalue weighted by atomic mass is 19.1. The van der Waals surface area contributed by atoms with E-state index in [9.17, 15) is 23.6 Å². The maximum absolute atomic E-state index is 14.2. The fraction of sp³-hybridized carbons (Fsp3) is 0.276. The summed E-state index contributed by atoms with van der Waals surface area (Å²) in [6.45, 7) is 0.387. The minimum atomic E-state index is -1.13. The molecule has 0 saturated heterocycles. The van der Waals surface area contributed by atoms with Crippen molar-refractivity contribution in [2.75, 3.05) is 7.05 Å². The number of nitrogens with one attached hydrogen (secondary N) is 1. The number of rotatable bonds is 6. The second kappa shape index (κ2) is 11.1. The first kappa shape index (κ1) is 26.8. The number of fused-ring (bicyclic) bond motifs is 1. The number of nitrogens with zero attached hydrogens (tertiary/aromatic N) is 4. The van der Waals surface area contributed by atoms with Gasteiger partial charge in [0.2, 0.25) is 0 Å². The van der Waals surface area contributed by atoms with Gasteiger partial charge in [-0.25, -0.2) is 23.5 Å². The van der Waals surface area contributed by atoms with E-state index in [-0.39, 0.29) is 23.0 Å². The average Bonchev–Trinajstić information content (AvgIpc) is 2.94. The van der Waals surface area contributed by atoms with Crippen molar-refractivity contribution in [2.24, 2.45) is 0 Å². The summed E-state index contributed by atoms with van der Waals surface area (Å²) in [4.78, 5) is 57.3. The van der Waals surface area contributed by atoms with Gasteiger partial charge in [-0.3, -0.25) is 14.2 Å². The molecule has 0 aliphatic heterocycles. The number of hydrogen-bond acceptors (Lipinski definition) is 5. The molecule has 2 heterocycles. The van der Waals surface area contributed by atoms with Gasteiger partial charge in [0.15, 0.2) is 5.65 Å². The van der Waals surface area contributed by atoms with E-state index in [0.29, 0.717) is 43.5 Å². The van der Waals surface area contributed by atoms with Crippen LogP contribution in [0.2, 0.25) is 0 Å². The number of pyridine rings is 1. The fourth-order valence-electron chi connectivity index (χ4n) is 5.32. The van der Waals surface area contributed by atoms with Gasteiger partial charge in [-0.15, -0.1) is 0 Å². The Kier molecular flexibility index (Phi) is 7.45. The molecular weight excluding hydrogens is 517 g/mol. The Morgan fingerprint density at radius 3 is 2.48 bits per heavy atom. The summed E-state index contributed by atoms with van der Waals surface area (Å²) in [6.07, 6.45) is 1.47. The summed E-state index contributed by atoms with van der Waals surface area (Å²) < 4.78 is 16.6. The molecule has 10 nitrogen and oxygen atoms in total. The molecule has 4 aromatic rings. The number of aromatic nitrogens is 3. The number of halogens is 1. The predicted molar refractivity (Wildman–Crippen MR) is 146 cm³/mol. The minimum Gasteiger partial charge on any atom is -0.465 e. The Morgan fingerprint density at radius 1 is 1.05 bits per heavy atom. The molecule has 1 fully saturated rings. The molecule has 2 aromatic carbocycles.